The molecule has 280 valence electrons. The molecule has 0 unspecified atom stereocenters. The molecular weight excluding hydrogens is 681 g/mol. The van der Waals surface area contributed by atoms with E-state index in [0.717, 1.165) is 43.3 Å². The third kappa shape index (κ3) is 8.05. The lowest BCUT2D eigenvalue weighted by Crippen LogP contribution is -2.66. The van der Waals surface area contributed by atoms with Gasteiger partial charge < -0.3 is 18.3 Å². The molecule has 0 N–H and O–H groups in total. The van der Waals surface area contributed by atoms with E-state index in [2.05, 4.69) is 128 Å². The first-order valence-corrected chi connectivity index (χ1v) is 21.9. The maximum atomic E-state index is 14.3. The van der Waals surface area contributed by atoms with Gasteiger partial charge in [0.25, 0.3) is 8.32 Å². The zero-order valence-electron chi connectivity index (χ0n) is 33.2. The van der Waals surface area contributed by atoms with Crippen LogP contribution in [0.2, 0.25) is 10.1 Å². The van der Waals surface area contributed by atoms with Gasteiger partial charge >= 0.3 is 5.97 Å². The Bertz CT molecular complexity index is 1630. The third-order valence-corrected chi connectivity index (χ3v) is 17.1. The molecule has 2 aliphatic carbocycles. The van der Waals surface area contributed by atoms with Crippen LogP contribution in [0, 0.1) is 17.3 Å². The third-order valence-electron chi connectivity index (χ3n) is 11.2. The van der Waals surface area contributed by atoms with Crippen LogP contribution in [0.3, 0.4) is 0 Å². The SMILES string of the molecule is COC1=C(C(=O)C2(C)CCCCC2)C(=O)O[C@]12C[C@@H](C)C(CO[Si](c1ccccc1)(c1ccccc1)C(C)(C)C)=C[C@H]2/C=C(\C)CO[Si]C(C)(C)C. The van der Waals surface area contributed by atoms with Crippen LogP contribution in [0.15, 0.2) is 95.3 Å². The number of hydrogen-bond donors (Lipinski definition) is 0. The summed E-state index contributed by atoms with van der Waals surface area (Å²) in [5.41, 5.74) is 0.535. The van der Waals surface area contributed by atoms with E-state index in [1.807, 2.05) is 6.92 Å². The topological polar surface area (TPSA) is 71.1 Å². The van der Waals surface area contributed by atoms with Gasteiger partial charge in [-0.05, 0) is 51.7 Å². The van der Waals surface area contributed by atoms with Gasteiger partial charge in [0.05, 0.1) is 20.3 Å². The number of carbonyl (C=O) groups is 2. The second kappa shape index (κ2) is 15.7. The molecule has 3 atom stereocenters. The van der Waals surface area contributed by atoms with Crippen molar-refractivity contribution in [3.8, 4) is 0 Å². The summed E-state index contributed by atoms with van der Waals surface area (Å²) >= 11 is 0. The normalized spacial score (nSPS) is 24.2. The summed E-state index contributed by atoms with van der Waals surface area (Å²) in [5.74, 6) is -0.734. The maximum Gasteiger partial charge on any atom is 0.346 e. The fourth-order valence-corrected chi connectivity index (χ4v) is 13.8. The lowest BCUT2D eigenvalue weighted by Gasteiger charge is -2.45. The van der Waals surface area contributed by atoms with Crippen molar-refractivity contribution < 1.29 is 27.9 Å². The van der Waals surface area contributed by atoms with E-state index in [-0.39, 0.29) is 33.3 Å². The first-order chi connectivity index (χ1) is 24.5. The van der Waals surface area contributed by atoms with Crippen LogP contribution in [0.25, 0.3) is 0 Å². The number of ketones is 1. The Kier molecular flexibility index (Phi) is 12.2. The average molecular weight is 741 g/mol. The van der Waals surface area contributed by atoms with Gasteiger partial charge in [-0.25, -0.2) is 4.79 Å². The van der Waals surface area contributed by atoms with E-state index in [9.17, 15) is 9.59 Å². The highest BCUT2D eigenvalue weighted by molar-refractivity contribution is 6.99. The van der Waals surface area contributed by atoms with Gasteiger partial charge in [0.15, 0.2) is 17.1 Å². The van der Waals surface area contributed by atoms with Gasteiger partial charge in [0.2, 0.25) is 9.76 Å². The Morgan fingerprint density at radius 3 is 2.06 bits per heavy atom. The standard InChI is InChI=1S/C44H60O6Si2/c1-31(29-48-51-41(3,4)5)26-34-27-33(30-49-52(42(6,7)8,35-20-14-11-15-21-35)36-22-16-12-17-23-36)32(2)28-44(34)39(47-10)37(40(46)50-44)38(45)43(9)24-18-13-19-25-43/h11-12,14-17,20-23,26-27,32,34H,13,18-19,24-25,28-30H2,1-10H3/b31-26+/t32-,34-,44+/m1/s1. The lowest BCUT2D eigenvalue weighted by atomic mass is 9.68. The number of Topliss-reactive ketones (excluding diaryl/α,β-unsaturated/α-hetero) is 1. The summed E-state index contributed by atoms with van der Waals surface area (Å²) in [5, 5.41) is 2.34. The number of benzene rings is 2. The Balaban J connectivity index is 1.60. The minimum atomic E-state index is -2.82. The molecule has 0 aromatic heterocycles. The molecule has 6 nitrogen and oxygen atoms in total. The smallest absolute Gasteiger partial charge is 0.346 e. The molecule has 1 saturated carbocycles. The molecule has 0 bridgehead atoms. The van der Waals surface area contributed by atoms with Gasteiger partial charge in [-0.1, -0.05) is 153 Å². The van der Waals surface area contributed by atoms with E-state index in [1.54, 1.807) is 7.11 Å². The summed E-state index contributed by atoms with van der Waals surface area (Å²) < 4.78 is 26.2. The fraction of sp³-hybridized carbons (Fsp3) is 0.545. The van der Waals surface area contributed by atoms with E-state index in [0.29, 0.717) is 35.2 Å². The molecule has 1 aliphatic heterocycles. The molecule has 1 spiro atoms. The Labute approximate surface area is 316 Å². The van der Waals surface area contributed by atoms with E-state index in [4.69, 9.17) is 18.3 Å². The molecule has 52 heavy (non-hydrogen) atoms. The highest BCUT2D eigenvalue weighted by Crippen LogP contribution is 2.52. The second-order valence-electron chi connectivity index (χ2n) is 17.6. The molecule has 0 amide bonds. The molecule has 2 aromatic rings. The van der Waals surface area contributed by atoms with Crippen LogP contribution in [0.5, 0.6) is 0 Å². The van der Waals surface area contributed by atoms with Crippen molar-refractivity contribution in [2.75, 3.05) is 20.3 Å². The minimum absolute atomic E-state index is 0.0144. The monoisotopic (exact) mass is 740 g/mol. The lowest BCUT2D eigenvalue weighted by molar-refractivity contribution is -0.153. The molecule has 0 saturated heterocycles. The van der Waals surface area contributed by atoms with Crippen molar-refractivity contribution in [3.05, 3.63) is 95.3 Å². The predicted molar refractivity (Wildman–Crippen MR) is 213 cm³/mol. The largest absolute Gasteiger partial charge is 0.496 e. The number of methoxy groups -OCH3 is 1. The highest BCUT2D eigenvalue weighted by atomic mass is 28.4. The first-order valence-electron chi connectivity index (χ1n) is 19.1. The Morgan fingerprint density at radius 1 is 0.962 bits per heavy atom. The number of carbonyl (C=O) groups excluding carboxylic acids is 2. The summed E-state index contributed by atoms with van der Waals surface area (Å²) in [6.45, 7) is 20.5. The summed E-state index contributed by atoms with van der Waals surface area (Å²) in [6.07, 6.45) is 9.46. The van der Waals surface area contributed by atoms with E-state index in [1.165, 1.54) is 10.4 Å². The maximum absolute atomic E-state index is 14.3. The molecule has 8 heteroatoms. The van der Waals surface area contributed by atoms with Crippen LogP contribution in [-0.4, -0.2) is 55.8 Å². The molecular formula is C44H60O6Si2. The van der Waals surface area contributed by atoms with Gasteiger partial charge in [0, 0.05) is 17.8 Å². The van der Waals surface area contributed by atoms with Crippen LogP contribution in [0.1, 0.15) is 101 Å². The zero-order valence-corrected chi connectivity index (χ0v) is 35.2. The van der Waals surface area contributed by atoms with Crippen LogP contribution >= 0.6 is 0 Å². The van der Waals surface area contributed by atoms with Crippen LogP contribution < -0.4 is 10.4 Å². The summed E-state index contributed by atoms with van der Waals surface area (Å²) in [4.78, 5) is 28.3. The number of ether oxygens (including phenoxy) is 2. The molecule has 2 aromatic carbocycles. The average Bonchev–Trinajstić information content (AvgIpc) is 3.37. The highest BCUT2D eigenvalue weighted by Gasteiger charge is 2.59. The van der Waals surface area contributed by atoms with Crippen molar-refractivity contribution in [3.63, 3.8) is 0 Å². The Hall–Kier alpha value is -3.05. The van der Waals surface area contributed by atoms with E-state index >= 15 is 0 Å². The van der Waals surface area contributed by atoms with Gasteiger partial charge in [-0.3, -0.25) is 4.79 Å². The van der Waals surface area contributed by atoms with Crippen molar-refractivity contribution in [2.24, 2.45) is 17.3 Å². The number of esters is 1. The fourth-order valence-electron chi connectivity index (χ4n) is 8.55. The van der Waals surface area contributed by atoms with E-state index < -0.39 is 25.3 Å². The zero-order chi connectivity index (χ0) is 38.0. The molecule has 5 rings (SSSR count). The Morgan fingerprint density at radius 2 is 1.54 bits per heavy atom. The molecule has 1 heterocycles. The predicted octanol–water partition coefficient (Wildman–Crippen LogP) is 8.68. The summed E-state index contributed by atoms with van der Waals surface area (Å²) in [7, 11) is -0.898. The van der Waals surface area contributed by atoms with Crippen molar-refractivity contribution >= 4 is 40.2 Å². The molecule has 1 fully saturated rings. The van der Waals surface area contributed by atoms with Crippen molar-refractivity contribution in [1.29, 1.82) is 0 Å². The first kappa shape index (κ1) is 40.1. The quantitative estimate of drug-likeness (QED) is 0.0939. The van der Waals surface area contributed by atoms with Gasteiger partial charge in [-0.2, -0.15) is 0 Å². The number of hydrogen-bond acceptors (Lipinski definition) is 6. The second-order valence-corrected chi connectivity index (χ2v) is 23.9. The van der Waals surface area contributed by atoms with Crippen LogP contribution in [0.4, 0.5) is 0 Å². The summed E-state index contributed by atoms with van der Waals surface area (Å²) in [6, 6.07) is 21.4. The van der Waals surface area contributed by atoms with Crippen LogP contribution in [-0.2, 0) is 27.9 Å². The molecule has 2 radical (unpaired) electrons. The van der Waals surface area contributed by atoms with Crippen molar-refractivity contribution in [2.45, 2.75) is 117 Å². The number of rotatable bonds is 12. The van der Waals surface area contributed by atoms with Gasteiger partial charge in [0.1, 0.15) is 5.57 Å². The molecule has 3 aliphatic rings. The van der Waals surface area contributed by atoms with Gasteiger partial charge in [-0.15, -0.1) is 0 Å². The minimum Gasteiger partial charge on any atom is -0.496 e. The van der Waals surface area contributed by atoms with Crippen molar-refractivity contribution in [1.82, 2.24) is 0 Å².